The minimum absolute atomic E-state index is 0.329. The molecule has 1 aromatic heterocycles. The van der Waals surface area contributed by atoms with Crippen LogP contribution < -0.4 is 5.32 Å². The molecule has 2 fully saturated rings. The van der Waals surface area contributed by atoms with E-state index in [4.69, 9.17) is 4.52 Å². The Kier molecular flexibility index (Phi) is 4.36. The lowest BCUT2D eigenvalue weighted by Crippen LogP contribution is -2.61. The number of hydrogen-bond acceptors (Lipinski definition) is 5. The van der Waals surface area contributed by atoms with Crippen LogP contribution in [0.3, 0.4) is 0 Å². The van der Waals surface area contributed by atoms with E-state index >= 15 is 0 Å². The van der Waals surface area contributed by atoms with E-state index in [9.17, 15) is 0 Å². The molecule has 1 aliphatic carbocycles. The van der Waals surface area contributed by atoms with Gasteiger partial charge in [-0.15, -0.1) is 0 Å². The fourth-order valence-corrected chi connectivity index (χ4v) is 3.68. The highest BCUT2D eigenvalue weighted by Gasteiger charge is 2.40. The van der Waals surface area contributed by atoms with Crippen molar-refractivity contribution in [3.8, 4) is 0 Å². The van der Waals surface area contributed by atoms with Crippen LogP contribution in [0.4, 0.5) is 0 Å². The molecular weight excluding hydrogens is 252 g/mol. The molecule has 0 radical (unpaired) electrons. The van der Waals surface area contributed by atoms with E-state index in [-0.39, 0.29) is 0 Å². The highest BCUT2D eigenvalue weighted by molar-refractivity contribution is 4.99. The number of nitrogens with one attached hydrogen (secondary N) is 1. The van der Waals surface area contributed by atoms with E-state index in [1.165, 1.54) is 32.1 Å². The molecule has 1 saturated heterocycles. The van der Waals surface area contributed by atoms with E-state index in [0.717, 1.165) is 50.7 Å². The van der Waals surface area contributed by atoms with Gasteiger partial charge in [0.05, 0.1) is 6.54 Å². The average molecular weight is 278 g/mol. The summed E-state index contributed by atoms with van der Waals surface area (Å²) in [6.07, 6.45) is 8.67. The summed E-state index contributed by atoms with van der Waals surface area (Å²) in [7, 11) is 0. The normalized spacial score (nSPS) is 23.2. The summed E-state index contributed by atoms with van der Waals surface area (Å²) in [5, 5.41) is 7.65. The molecule has 0 aromatic carbocycles. The minimum Gasteiger partial charge on any atom is -0.338 e. The molecule has 5 nitrogen and oxygen atoms in total. The maximum atomic E-state index is 5.43. The number of nitrogens with zero attached hydrogens (tertiary/aromatic N) is 3. The van der Waals surface area contributed by atoms with Crippen LogP contribution in [0.15, 0.2) is 4.52 Å². The van der Waals surface area contributed by atoms with Crippen molar-refractivity contribution in [1.29, 1.82) is 0 Å². The highest BCUT2D eigenvalue weighted by atomic mass is 16.5. The maximum Gasteiger partial charge on any atom is 0.240 e. The number of aromatic nitrogens is 2. The van der Waals surface area contributed by atoms with E-state index in [2.05, 4.69) is 27.3 Å². The van der Waals surface area contributed by atoms with Crippen LogP contribution in [0.5, 0.6) is 0 Å². The van der Waals surface area contributed by atoms with E-state index in [1.54, 1.807) is 0 Å². The summed E-state index contributed by atoms with van der Waals surface area (Å²) in [5.41, 5.74) is 0.329. The van der Waals surface area contributed by atoms with Gasteiger partial charge in [0.1, 0.15) is 0 Å². The first kappa shape index (κ1) is 14.0. The van der Waals surface area contributed by atoms with Crippen LogP contribution >= 0.6 is 0 Å². The Labute approximate surface area is 121 Å². The molecule has 20 heavy (non-hydrogen) atoms. The monoisotopic (exact) mass is 278 g/mol. The quantitative estimate of drug-likeness (QED) is 0.914. The largest absolute Gasteiger partial charge is 0.338 e. The van der Waals surface area contributed by atoms with Crippen LogP contribution in [0, 0.1) is 0 Å². The smallest absolute Gasteiger partial charge is 0.240 e. The third kappa shape index (κ3) is 2.88. The van der Waals surface area contributed by atoms with Gasteiger partial charge in [0.25, 0.3) is 0 Å². The molecule has 112 valence electrons. The second-order valence-corrected chi connectivity index (χ2v) is 6.24. The fraction of sp³-hybridized carbons (Fsp3) is 0.867. The first-order valence-corrected chi connectivity index (χ1v) is 8.10. The fourth-order valence-electron chi connectivity index (χ4n) is 3.68. The van der Waals surface area contributed by atoms with Crippen molar-refractivity contribution in [3.05, 3.63) is 11.7 Å². The SMILES string of the molecule is CCCc1noc(CN2CCNCC23CCCCC3)n1. The molecular formula is C15H26N4O. The topological polar surface area (TPSA) is 54.2 Å². The summed E-state index contributed by atoms with van der Waals surface area (Å²) >= 11 is 0. The van der Waals surface area contributed by atoms with E-state index < -0.39 is 0 Å². The van der Waals surface area contributed by atoms with Gasteiger partial charge in [-0.05, 0) is 19.3 Å². The molecule has 0 atom stereocenters. The van der Waals surface area contributed by atoms with Crippen molar-refractivity contribution in [2.45, 2.75) is 64.0 Å². The van der Waals surface area contributed by atoms with Gasteiger partial charge in [0.15, 0.2) is 5.82 Å². The Bertz CT molecular complexity index is 417. The number of piperazine rings is 1. The molecule has 5 heteroatoms. The average Bonchev–Trinajstić information content (AvgIpc) is 2.91. The van der Waals surface area contributed by atoms with Crippen molar-refractivity contribution in [3.63, 3.8) is 0 Å². The van der Waals surface area contributed by atoms with Crippen molar-refractivity contribution in [2.75, 3.05) is 19.6 Å². The van der Waals surface area contributed by atoms with Gasteiger partial charge in [-0.2, -0.15) is 4.98 Å². The lowest BCUT2D eigenvalue weighted by molar-refractivity contribution is 0.0135. The number of hydrogen-bond donors (Lipinski definition) is 1. The zero-order valence-corrected chi connectivity index (χ0v) is 12.5. The standard InChI is InChI=1S/C15H26N4O/c1-2-6-13-17-14(20-18-13)11-19-10-9-16-12-15(19)7-4-3-5-8-15/h16H,2-12H2,1H3. The number of aryl methyl sites for hydroxylation is 1. The summed E-state index contributed by atoms with van der Waals surface area (Å²) < 4.78 is 5.43. The minimum atomic E-state index is 0.329. The Morgan fingerprint density at radius 2 is 2.15 bits per heavy atom. The van der Waals surface area contributed by atoms with Gasteiger partial charge in [0.2, 0.25) is 5.89 Å². The number of rotatable bonds is 4. The van der Waals surface area contributed by atoms with Crippen LogP contribution in [0.2, 0.25) is 0 Å². The Morgan fingerprint density at radius 3 is 2.95 bits per heavy atom. The van der Waals surface area contributed by atoms with Crippen LogP contribution in [0.25, 0.3) is 0 Å². The Hall–Kier alpha value is -0.940. The third-order valence-corrected chi connectivity index (χ3v) is 4.78. The van der Waals surface area contributed by atoms with Crippen molar-refractivity contribution in [1.82, 2.24) is 20.4 Å². The molecule has 0 amide bonds. The van der Waals surface area contributed by atoms with Crippen molar-refractivity contribution < 1.29 is 4.52 Å². The molecule has 2 aliphatic rings. The van der Waals surface area contributed by atoms with Gasteiger partial charge in [-0.1, -0.05) is 31.3 Å². The van der Waals surface area contributed by atoms with E-state index in [0.29, 0.717) is 5.54 Å². The zero-order chi connectivity index (χ0) is 13.8. The molecule has 1 spiro atoms. The van der Waals surface area contributed by atoms with Gasteiger partial charge < -0.3 is 9.84 Å². The second-order valence-electron chi connectivity index (χ2n) is 6.24. The maximum absolute atomic E-state index is 5.43. The van der Waals surface area contributed by atoms with Crippen LogP contribution in [0.1, 0.15) is 57.2 Å². The first-order valence-electron chi connectivity index (χ1n) is 8.10. The molecule has 0 bridgehead atoms. The van der Waals surface area contributed by atoms with Crippen LogP contribution in [-0.4, -0.2) is 40.2 Å². The summed E-state index contributed by atoms with van der Waals surface area (Å²) in [4.78, 5) is 7.12. The van der Waals surface area contributed by atoms with Gasteiger partial charge in [0, 0.05) is 31.6 Å². The molecule has 1 N–H and O–H groups in total. The van der Waals surface area contributed by atoms with Crippen molar-refractivity contribution in [2.24, 2.45) is 0 Å². The Balaban J connectivity index is 1.69. The Morgan fingerprint density at radius 1 is 1.30 bits per heavy atom. The predicted octanol–water partition coefficient (Wildman–Crippen LogP) is 2.13. The van der Waals surface area contributed by atoms with Crippen molar-refractivity contribution >= 4 is 0 Å². The summed E-state index contributed by atoms with van der Waals surface area (Å²) in [6, 6.07) is 0. The van der Waals surface area contributed by atoms with Gasteiger partial charge >= 0.3 is 0 Å². The highest BCUT2D eigenvalue weighted by Crippen LogP contribution is 2.35. The molecule has 1 aromatic rings. The second kappa shape index (κ2) is 6.22. The molecule has 3 rings (SSSR count). The summed E-state index contributed by atoms with van der Waals surface area (Å²) in [6.45, 7) is 6.23. The lowest BCUT2D eigenvalue weighted by Gasteiger charge is -2.49. The predicted molar refractivity (Wildman–Crippen MR) is 77.4 cm³/mol. The molecule has 2 heterocycles. The lowest BCUT2D eigenvalue weighted by atomic mass is 9.79. The first-order chi connectivity index (χ1) is 9.82. The van der Waals surface area contributed by atoms with Gasteiger partial charge in [-0.3, -0.25) is 4.90 Å². The third-order valence-electron chi connectivity index (χ3n) is 4.78. The van der Waals surface area contributed by atoms with Gasteiger partial charge in [-0.25, -0.2) is 0 Å². The van der Waals surface area contributed by atoms with Crippen LogP contribution in [-0.2, 0) is 13.0 Å². The zero-order valence-electron chi connectivity index (χ0n) is 12.5. The molecule has 1 saturated carbocycles. The van der Waals surface area contributed by atoms with E-state index in [1.807, 2.05) is 0 Å². The molecule has 1 aliphatic heterocycles. The summed E-state index contributed by atoms with van der Waals surface area (Å²) in [5.74, 6) is 1.65. The molecule has 0 unspecified atom stereocenters.